The Hall–Kier alpha value is -0.920. The van der Waals surface area contributed by atoms with Crippen LogP contribution in [0.1, 0.15) is 25.6 Å². The van der Waals surface area contributed by atoms with Gasteiger partial charge >= 0.3 is 0 Å². The van der Waals surface area contributed by atoms with Gasteiger partial charge in [-0.15, -0.1) is 0 Å². The number of rotatable bonds is 4. The fraction of sp³-hybridized carbons (Fsp3) is 0.727. The molecule has 1 atom stereocenters. The van der Waals surface area contributed by atoms with Crippen molar-refractivity contribution in [2.24, 2.45) is 0 Å². The van der Waals surface area contributed by atoms with Crippen LogP contribution in [0.15, 0.2) is 11.2 Å². The van der Waals surface area contributed by atoms with Crippen LogP contribution in [0.25, 0.3) is 0 Å². The molecule has 0 unspecified atom stereocenters. The number of nitrogens with one attached hydrogen (secondary N) is 2. The van der Waals surface area contributed by atoms with Crippen molar-refractivity contribution in [2.45, 2.75) is 44.3 Å². The number of sulfonamides is 1. The number of aryl methyl sites for hydroxylation is 2. The zero-order valence-electron chi connectivity index (χ0n) is 10.8. The second-order valence-electron chi connectivity index (χ2n) is 4.58. The Morgan fingerprint density at radius 1 is 1.61 bits per heavy atom. The molecule has 102 valence electrons. The molecule has 0 spiro atoms. The largest absolute Gasteiger partial charge is 0.334 e. The monoisotopic (exact) mass is 272 g/mol. The van der Waals surface area contributed by atoms with Gasteiger partial charge in [0.2, 0.25) is 0 Å². The lowest BCUT2D eigenvalue weighted by Crippen LogP contribution is -2.45. The van der Waals surface area contributed by atoms with Crippen LogP contribution >= 0.6 is 0 Å². The number of nitrogens with zero attached hydrogens (tertiary/aromatic N) is 2. The lowest BCUT2D eigenvalue weighted by molar-refractivity contribution is 0.428. The first-order valence-corrected chi connectivity index (χ1v) is 7.78. The van der Waals surface area contributed by atoms with E-state index in [9.17, 15) is 8.42 Å². The number of aromatic nitrogens is 2. The summed E-state index contributed by atoms with van der Waals surface area (Å²) in [5, 5.41) is 3.30. The molecule has 7 heteroatoms. The fourth-order valence-electron chi connectivity index (χ4n) is 2.16. The van der Waals surface area contributed by atoms with Gasteiger partial charge in [-0.1, -0.05) is 0 Å². The minimum Gasteiger partial charge on any atom is -0.334 e. The van der Waals surface area contributed by atoms with Gasteiger partial charge < -0.3 is 9.88 Å². The number of hydrogen-bond donors (Lipinski definition) is 2. The van der Waals surface area contributed by atoms with Crippen molar-refractivity contribution in [1.29, 1.82) is 0 Å². The third-order valence-corrected chi connectivity index (χ3v) is 4.58. The van der Waals surface area contributed by atoms with Crippen molar-refractivity contribution in [3.8, 4) is 0 Å². The highest BCUT2D eigenvalue weighted by atomic mass is 32.2. The zero-order chi connectivity index (χ0) is 13.2. The van der Waals surface area contributed by atoms with Crippen molar-refractivity contribution < 1.29 is 8.42 Å². The van der Waals surface area contributed by atoms with Crippen LogP contribution in [0.3, 0.4) is 0 Å². The molecule has 2 heterocycles. The van der Waals surface area contributed by atoms with Crippen LogP contribution in [0.5, 0.6) is 0 Å². The molecule has 2 N–H and O–H groups in total. The number of piperidine rings is 1. The van der Waals surface area contributed by atoms with E-state index in [1.54, 1.807) is 6.20 Å². The highest BCUT2D eigenvalue weighted by molar-refractivity contribution is 7.89. The van der Waals surface area contributed by atoms with Gasteiger partial charge in [-0.2, -0.15) is 0 Å². The fourth-order valence-corrected chi connectivity index (χ4v) is 3.44. The summed E-state index contributed by atoms with van der Waals surface area (Å²) in [6.07, 6.45) is 3.46. The summed E-state index contributed by atoms with van der Waals surface area (Å²) in [7, 11) is -3.49. The van der Waals surface area contributed by atoms with E-state index in [1.807, 2.05) is 18.4 Å². The summed E-state index contributed by atoms with van der Waals surface area (Å²) in [5.74, 6) is 0.722. The summed E-state index contributed by atoms with van der Waals surface area (Å²) in [5.41, 5.74) is 0. The average Bonchev–Trinajstić information content (AvgIpc) is 2.72. The molecule has 0 aliphatic carbocycles. The molecule has 0 saturated carbocycles. The van der Waals surface area contributed by atoms with Crippen LogP contribution in [0.2, 0.25) is 0 Å². The van der Waals surface area contributed by atoms with E-state index in [0.717, 1.165) is 31.8 Å². The van der Waals surface area contributed by atoms with E-state index in [1.165, 1.54) is 0 Å². The summed E-state index contributed by atoms with van der Waals surface area (Å²) in [6.45, 7) is 6.14. The van der Waals surface area contributed by atoms with Crippen molar-refractivity contribution in [3.63, 3.8) is 0 Å². The maximum Gasteiger partial charge on any atom is 0.259 e. The molecule has 6 nitrogen and oxygen atoms in total. The average molecular weight is 272 g/mol. The first-order chi connectivity index (χ1) is 8.53. The predicted octanol–water partition coefficient (Wildman–Crippen LogP) is 0.242. The molecule has 0 amide bonds. The summed E-state index contributed by atoms with van der Waals surface area (Å²) in [4.78, 5) is 4.11. The van der Waals surface area contributed by atoms with Crippen LogP contribution in [0.4, 0.5) is 0 Å². The van der Waals surface area contributed by atoms with Gasteiger partial charge in [-0.05, 0) is 33.2 Å². The van der Waals surface area contributed by atoms with Gasteiger partial charge in [0.15, 0.2) is 5.03 Å². The van der Waals surface area contributed by atoms with Crippen LogP contribution < -0.4 is 10.0 Å². The normalized spacial score (nSPS) is 21.1. The molecule has 18 heavy (non-hydrogen) atoms. The molecule has 1 fully saturated rings. The summed E-state index contributed by atoms with van der Waals surface area (Å²) < 4.78 is 28.9. The molecule has 0 aromatic carbocycles. The molecular weight excluding hydrogens is 252 g/mol. The zero-order valence-corrected chi connectivity index (χ0v) is 11.6. The molecule has 0 bridgehead atoms. The molecule has 1 aromatic heterocycles. The number of hydrogen-bond acceptors (Lipinski definition) is 4. The third-order valence-electron chi connectivity index (χ3n) is 3.19. The van der Waals surface area contributed by atoms with Gasteiger partial charge in [0, 0.05) is 25.3 Å². The molecule has 1 aliphatic heterocycles. The van der Waals surface area contributed by atoms with Crippen LogP contribution in [-0.4, -0.2) is 37.1 Å². The first-order valence-electron chi connectivity index (χ1n) is 6.29. The summed E-state index contributed by atoms with van der Waals surface area (Å²) in [6, 6.07) is -0.0316. The Kier molecular flexibility index (Phi) is 4.04. The smallest absolute Gasteiger partial charge is 0.259 e. The first kappa shape index (κ1) is 13.5. The highest BCUT2D eigenvalue weighted by Gasteiger charge is 2.24. The molecule has 1 aromatic rings. The second kappa shape index (κ2) is 5.38. The van der Waals surface area contributed by atoms with E-state index < -0.39 is 10.0 Å². The van der Waals surface area contributed by atoms with E-state index in [0.29, 0.717) is 6.54 Å². The number of imidazole rings is 1. The molecule has 0 radical (unpaired) electrons. The highest BCUT2D eigenvalue weighted by Crippen LogP contribution is 2.11. The van der Waals surface area contributed by atoms with Gasteiger partial charge in [-0.25, -0.2) is 18.1 Å². The van der Waals surface area contributed by atoms with E-state index in [4.69, 9.17) is 0 Å². The lowest BCUT2D eigenvalue weighted by atomic mass is 10.1. The topological polar surface area (TPSA) is 76.0 Å². The van der Waals surface area contributed by atoms with Gasteiger partial charge in [0.1, 0.15) is 5.82 Å². The van der Waals surface area contributed by atoms with Crippen molar-refractivity contribution in [1.82, 2.24) is 19.6 Å². The second-order valence-corrected chi connectivity index (χ2v) is 6.24. The standard InChI is InChI=1S/C11H20N4O2S/c1-3-15-8-11(13-9(15)2)18(16,17)14-10-5-4-6-12-7-10/h8,10,12,14H,3-7H2,1-2H3/t10-/m0/s1. The molecule has 1 saturated heterocycles. The quantitative estimate of drug-likeness (QED) is 0.823. The molecular formula is C11H20N4O2S. The van der Waals surface area contributed by atoms with Crippen molar-refractivity contribution >= 4 is 10.0 Å². The lowest BCUT2D eigenvalue weighted by Gasteiger charge is -2.23. The van der Waals surface area contributed by atoms with Crippen molar-refractivity contribution in [3.05, 3.63) is 12.0 Å². The van der Waals surface area contributed by atoms with E-state index in [-0.39, 0.29) is 11.1 Å². The van der Waals surface area contributed by atoms with Crippen LogP contribution in [0, 0.1) is 6.92 Å². The van der Waals surface area contributed by atoms with E-state index in [2.05, 4.69) is 15.0 Å². The van der Waals surface area contributed by atoms with Gasteiger partial charge in [0.25, 0.3) is 10.0 Å². The Balaban J connectivity index is 2.13. The van der Waals surface area contributed by atoms with Gasteiger partial charge in [0.05, 0.1) is 0 Å². The Bertz CT molecular complexity index is 503. The van der Waals surface area contributed by atoms with Gasteiger partial charge in [-0.3, -0.25) is 0 Å². The third kappa shape index (κ3) is 2.90. The molecule has 2 rings (SSSR count). The Morgan fingerprint density at radius 2 is 2.39 bits per heavy atom. The Morgan fingerprint density at radius 3 is 2.94 bits per heavy atom. The minimum absolute atomic E-state index is 0.0316. The maximum atomic E-state index is 12.2. The Labute approximate surface area is 108 Å². The van der Waals surface area contributed by atoms with E-state index >= 15 is 0 Å². The van der Waals surface area contributed by atoms with Crippen LogP contribution in [-0.2, 0) is 16.6 Å². The summed E-state index contributed by atoms with van der Waals surface area (Å²) >= 11 is 0. The predicted molar refractivity (Wildman–Crippen MR) is 68.9 cm³/mol. The maximum absolute atomic E-state index is 12.2. The SMILES string of the molecule is CCn1cc(S(=O)(=O)N[C@H]2CCCNC2)nc1C. The van der Waals surface area contributed by atoms with Crippen molar-refractivity contribution in [2.75, 3.05) is 13.1 Å². The minimum atomic E-state index is -3.49. The molecule has 1 aliphatic rings.